The first-order valence-electron chi connectivity index (χ1n) is 8.16. The second kappa shape index (κ2) is 8.44. The van der Waals surface area contributed by atoms with Crippen LogP contribution in [0.25, 0.3) is 0 Å². The number of carbonyl (C=O) groups excluding carboxylic acids is 1. The maximum atomic E-state index is 12.8. The fourth-order valence-electron chi connectivity index (χ4n) is 2.39. The summed E-state index contributed by atoms with van der Waals surface area (Å²) in [6.07, 6.45) is 1.45. The standard InChI is InChI=1S/C21H15N3O3/c25-21(18-9-5-2-6-10-18)20(17-7-3-1-4-8-17)23-22-15-16-11-13-19(14-12-16)24(26)27/h1-15H/b22-15-,23-20+. The van der Waals surface area contributed by atoms with E-state index in [0.29, 0.717) is 16.7 Å². The van der Waals surface area contributed by atoms with Crippen LogP contribution in [0.4, 0.5) is 5.69 Å². The third kappa shape index (κ3) is 4.58. The molecule has 0 fully saturated rings. The van der Waals surface area contributed by atoms with Gasteiger partial charge in [0.2, 0.25) is 5.78 Å². The lowest BCUT2D eigenvalue weighted by Gasteiger charge is -2.04. The van der Waals surface area contributed by atoms with Crippen molar-refractivity contribution in [2.75, 3.05) is 0 Å². The smallest absolute Gasteiger partial charge is 0.269 e. The van der Waals surface area contributed by atoms with E-state index in [-0.39, 0.29) is 17.2 Å². The monoisotopic (exact) mass is 357 g/mol. The Kier molecular flexibility index (Phi) is 5.59. The molecule has 6 nitrogen and oxygen atoms in total. The van der Waals surface area contributed by atoms with Gasteiger partial charge in [-0.15, -0.1) is 5.10 Å². The number of benzene rings is 3. The molecule has 0 heterocycles. The Labute approximate surface area is 155 Å². The Morgan fingerprint density at radius 3 is 1.93 bits per heavy atom. The van der Waals surface area contributed by atoms with Crippen LogP contribution >= 0.6 is 0 Å². The first-order chi connectivity index (χ1) is 13.1. The molecule has 3 aromatic carbocycles. The van der Waals surface area contributed by atoms with Crippen molar-refractivity contribution in [2.45, 2.75) is 0 Å². The van der Waals surface area contributed by atoms with Gasteiger partial charge in [0, 0.05) is 23.3 Å². The molecule has 3 rings (SSSR count). The van der Waals surface area contributed by atoms with Gasteiger partial charge in [0.1, 0.15) is 5.71 Å². The van der Waals surface area contributed by atoms with Crippen molar-refractivity contribution in [1.82, 2.24) is 0 Å². The van der Waals surface area contributed by atoms with Gasteiger partial charge in [0.15, 0.2) is 0 Å². The van der Waals surface area contributed by atoms with Crippen LogP contribution in [-0.2, 0) is 0 Å². The maximum Gasteiger partial charge on any atom is 0.269 e. The van der Waals surface area contributed by atoms with Crippen molar-refractivity contribution in [3.05, 3.63) is 112 Å². The molecule has 0 saturated heterocycles. The van der Waals surface area contributed by atoms with Crippen LogP contribution in [0.2, 0.25) is 0 Å². The third-order valence-corrected chi connectivity index (χ3v) is 3.77. The van der Waals surface area contributed by atoms with Gasteiger partial charge in [-0.2, -0.15) is 5.10 Å². The van der Waals surface area contributed by atoms with Gasteiger partial charge in [-0.3, -0.25) is 14.9 Å². The van der Waals surface area contributed by atoms with Gasteiger partial charge in [-0.05, 0) is 17.7 Å². The number of carbonyl (C=O) groups is 1. The Morgan fingerprint density at radius 1 is 0.815 bits per heavy atom. The van der Waals surface area contributed by atoms with Crippen molar-refractivity contribution in [2.24, 2.45) is 10.2 Å². The summed E-state index contributed by atoms with van der Waals surface area (Å²) in [6, 6.07) is 23.9. The highest BCUT2D eigenvalue weighted by Crippen LogP contribution is 2.12. The van der Waals surface area contributed by atoms with E-state index in [0.717, 1.165) is 0 Å². The number of hydrogen-bond acceptors (Lipinski definition) is 5. The van der Waals surface area contributed by atoms with Crippen LogP contribution in [0, 0.1) is 10.1 Å². The minimum absolute atomic E-state index is 0.000110. The van der Waals surface area contributed by atoms with E-state index in [2.05, 4.69) is 10.2 Å². The number of hydrogen-bond donors (Lipinski definition) is 0. The molecule has 0 amide bonds. The molecule has 3 aromatic rings. The zero-order chi connectivity index (χ0) is 19.1. The first-order valence-corrected chi connectivity index (χ1v) is 8.16. The zero-order valence-corrected chi connectivity index (χ0v) is 14.2. The number of non-ortho nitro benzene ring substituents is 1. The second-order valence-electron chi connectivity index (χ2n) is 5.60. The van der Waals surface area contributed by atoms with Crippen LogP contribution in [-0.4, -0.2) is 22.6 Å². The van der Waals surface area contributed by atoms with E-state index in [4.69, 9.17) is 0 Å². The molecule has 0 aliphatic carbocycles. The molecule has 0 aliphatic heterocycles. The number of ketones is 1. The van der Waals surface area contributed by atoms with Crippen molar-refractivity contribution >= 4 is 23.4 Å². The minimum atomic E-state index is -0.467. The molecular weight excluding hydrogens is 342 g/mol. The molecule has 0 aliphatic rings. The molecule has 27 heavy (non-hydrogen) atoms. The first kappa shape index (κ1) is 17.9. The fourth-order valence-corrected chi connectivity index (χ4v) is 2.39. The summed E-state index contributed by atoms with van der Waals surface area (Å²) in [4.78, 5) is 23.1. The molecule has 0 spiro atoms. The summed E-state index contributed by atoms with van der Waals surface area (Å²) >= 11 is 0. The Balaban J connectivity index is 1.90. The average molecular weight is 357 g/mol. The van der Waals surface area contributed by atoms with Gasteiger partial charge in [-0.1, -0.05) is 60.7 Å². The lowest BCUT2D eigenvalue weighted by atomic mass is 10.0. The molecule has 0 unspecified atom stereocenters. The molecule has 132 valence electrons. The van der Waals surface area contributed by atoms with Crippen LogP contribution in [0.3, 0.4) is 0 Å². The van der Waals surface area contributed by atoms with Gasteiger partial charge < -0.3 is 0 Å². The van der Waals surface area contributed by atoms with E-state index >= 15 is 0 Å². The lowest BCUT2D eigenvalue weighted by molar-refractivity contribution is -0.384. The van der Waals surface area contributed by atoms with Gasteiger partial charge in [0.25, 0.3) is 5.69 Å². The Morgan fingerprint density at radius 2 is 1.37 bits per heavy atom. The lowest BCUT2D eigenvalue weighted by Crippen LogP contribution is -2.15. The number of nitrogens with zero attached hydrogens (tertiary/aromatic N) is 3. The number of Topliss-reactive ketones (excluding diaryl/α,β-unsaturated/α-hetero) is 1. The van der Waals surface area contributed by atoms with Crippen molar-refractivity contribution in [3.63, 3.8) is 0 Å². The second-order valence-corrected chi connectivity index (χ2v) is 5.60. The van der Waals surface area contributed by atoms with E-state index in [9.17, 15) is 14.9 Å². The summed E-state index contributed by atoms with van der Waals surface area (Å²) in [7, 11) is 0. The molecule has 0 aromatic heterocycles. The summed E-state index contributed by atoms with van der Waals surface area (Å²) in [5, 5.41) is 18.8. The van der Waals surface area contributed by atoms with Crippen molar-refractivity contribution < 1.29 is 9.72 Å². The SMILES string of the molecule is O=C(/C(=N/N=C\c1ccc([N+](=O)[O-])cc1)c1ccccc1)c1ccccc1. The number of nitro groups is 1. The quantitative estimate of drug-likeness (QED) is 0.285. The molecular formula is C21H15N3O3. The van der Waals surface area contributed by atoms with Crippen molar-refractivity contribution in [3.8, 4) is 0 Å². The highest BCUT2D eigenvalue weighted by Gasteiger charge is 2.16. The fraction of sp³-hybridized carbons (Fsp3) is 0. The normalized spacial score (nSPS) is 11.5. The highest BCUT2D eigenvalue weighted by atomic mass is 16.6. The highest BCUT2D eigenvalue weighted by molar-refractivity contribution is 6.51. The molecule has 0 bridgehead atoms. The topological polar surface area (TPSA) is 84.9 Å². The zero-order valence-electron chi connectivity index (χ0n) is 14.2. The maximum absolute atomic E-state index is 12.8. The molecule has 0 atom stereocenters. The third-order valence-electron chi connectivity index (χ3n) is 3.77. The van der Waals surface area contributed by atoms with Gasteiger partial charge in [0.05, 0.1) is 11.1 Å². The molecule has 0 N–H and O–H groups in total. The average Bonchev–Trinajstić information content (AvgIpc) is 2.72. The van der Waals surface area contributed by atoms with E-state index in [1.807, 2.05) is 24.3 Å². The van der Waals surface area contributed by atoms with Crippen LogP contribution < -0.4 is 0 Å². The molecule has 0 saturated carbocycles. The van der Waals surface area contributed by atoms with Crippen LogP contribution in [0.5, 0.6) is 0 Å². The summed E-state index contributed by atoms with van der Waals surface area (Å²) < 4.78 is 0. The van der Waals surface area contributed by atoms with E-state index in [1.54, 1.807) is 48.5 Å². The number of nitro benzene ring substituents is 1. The largest absolute Gasteiger partial charge is 0.287 e. The molecule has 6 heteroatoms. The molecule has 0 radical (unpaired) electrons. The predicted molar refractivity (Wildman–Crippen MR) is 104 cm³/mol. The van der Waals surface area contributed by atoms with Gasteiger partial charge >= 0.3 is 0 Å². The Hall–Kier alpha value is -3.93. The van der Waals surface area contributed by atoms with Crippen molar-refractivity contribution in [1.29, 1.82) is 0 Å². The number of rotatable bonds is 6. The van der Waals surface area contributed by atoms with Crippen LogP contribution in [0.15, 0.2) is 95.1 Å². The summed E-state index contributed by atoms with van der Waals surface area (Å²) in [6.45, 7) is 0. The van der Waals surface area contributed by atoms with E-state index in [1.165, 1.54) is 18.3 Å². The Bertz CT molecular complexity index is 996. The van der Waals surface area contributed by atoms with E-state index < -0.39 is 4.92 Å². The minimum Gasteiger partial charge on any atom is -0.287 e. The summed E-state index contributed by atoms with van der Waals surface area (Å²) in [5.74, 6) is -0.234. The van der Waals surface area contributed by atoms with Gasteiger partial charge in [-0.25, -0.2) is 0 Å². The van der Waals surface area contributed by atoms with Crippen LogP contribution in [0.1, 0.15) is 21.5 Å². The summed E-state index contributed by atoms with van der Waals surface area (Å²) in [5.41, 5.74) is 2.04. The predicted octanol–water partition coefficient (Wildman–Crippen LogP) is 4.30.